The molecule has 5 nitrogen and oxygen atoms in total. The topological polar surface area (TPSA) is 76.0 Å². The number of carbonyl (C=O) groups is 1. The van der Waals surface area contributed by atoms with Crippen LogP contribution in [0.5, 0.6) is 5.75 Å². The quantitative estimate of drug-likeness (QED) is 0.749. The van der Waals surface area contributed by atoms with Crippen LogP contribution in [0.4, 0.5) is 5.69 Å². The van der Waals surface area contributed by atoms with Crippen molar-refractivity contribution in [2.75, 3.05) is 7.11 Å². The molecule has 5 heteroatoms. The average Bonchev–Trinajstić information content (AvgIpc) is 2.16. The first-order valence-corrected chi connectivity index (χ1v) is 3.86. The van der Waals surface area contributed by atoms with Crippen molar-refractivity contribution in [3.63, 3.8) is 0 Å². The van der Waals surface area contributed by atoms with Crippen LogP contribution < -0.4 is 4.74 Å². The van der Waals surface area contributed by atoms with Crippen molar-refractivity contribution in [2.24, 2.45) is 5.18 Å². The summed E-state index contributed by atoms with van der Waals surface area (Å²) in [5, 5.41) is 11.4. The normalized spacial score (nSPS) is 9.57. The Hall–Kier alpha value is -1.91. The third-order valence-corrected chi connectivity index (χ3v) is 1.85. The molecule has 0 bridgehead atoms. The van der Waals surface area contributed by atoms with Crippen LogP contribution in [0.1, 0.15) is 15.9 Å². The lowest BCUT2D eigenvalue weighted by molar-refractivity contribution is 0.0697. The largest absolute Gasteiger partial charge is 0.494 e. The van der Waals surface area contributed by atoms with E-state index >= 15 is 0 Å². The zero-order valence-corrected chi connectivity index (χ0v) is 7.77. The first-order chi connectivity index (χ1) is 6.61. The standard InChI is InChI=1S/C9H9NO4/c1-5-3-4-6(9(11)12)7(10-13)8(5)14-2/h3-4H,1-2H3,(H,11,12). The minimum absolute atomic E-state index is 0.151. The van der Waals surface area contributed by atoms with Crippen molar-refractivity contribution in [1.29, 1.82) is 0 Å². The zero-order chi connectivity index (χ0) is 10.7. The summed E-state index contributed by atoms with van der Waals surface area (Å²) in [6.07, 6.45) is 0. The van der Waals surface area contributed by atoms with Gasteiger partial charge in [0.1, 0.15) is 0 Å². The monoisotopic (exact) mass is 195 g/mol. The Bertz CT molecular complexity index is 387. The lowest BCUT2D eigenvalue weighted by Crippen LogP contribution is -1.99. The van der Waals surface area contributed by atoms with Crippen LogP contribution in [0.25, 0.3) is 0 Å². The molecule has 0 aromatic heterocycles. The van der Waals surface area contributed by atoms with Gasteiger partial charge in [0.05, 0.1) is 12.7 Å². The molecule has 0 aliphatic carbocycles. The first kappa shape index (κ1) is 10.2. The molecule has 0 saturated heterocycles. The number of carboxylic acid groups (broad SMARTS) is 1. The summed E-state index contributed by atoms with van der Waals surface area (Å²) in [6, 6.07) is 2.90. The second kappa shape index (κ2) is 3.87. The van der Waals surface area contributed by atoms with Gasteiger partial charge in [-0.15, -0.1) is 4.91 Å². The van der Waals surface area contributed by atoms with E-state index in [9.17, 15) is 9.70 Å². The summed E-state index contributed by atoms with van der Waals surface area (Å²) in [5.74, 6) is -0.988. The number of carboxylic acids is 1. The predicted octanol–water partition coefficient (Wildman–Crippen LogP) is 2.10. The Balaban J connectivity index is 3.48. The summed E-state index contributed by atoms with van der Waals surface area (Å²) in [5.41, 5.74) is 0.356. The maximum Gasteiger partial charge on any atom is 0.338 e. The van der Waals surface area contributed by atoms with Gasteiger partial charge in [-0.2, -0.15) is 0 Å². The number of benzene rings is 1. The van der Waals surface area contributed by atoms with E-state index in [4.69, 9.17) is 9.84 Å². The van der Waals surface area contributed by atoms with E-state index < -0.39 is 5.97 Å². The number of hydrogen-bond donors (Lipinski definition) is 1. The van der Waals surface area contributed by atoms with E-state index in [0.717, 1.165) is 0 Å². The molecule has 0 heterocycles. The summed E-state index contributed by atoms with van der Waals surface area (Å²) in [7, 11) is 1.36. The van der Waals surface area contributed by atoms with E-state index in [2.05, 4.69) is 5.18 Å². The SMILES string of the molecule is COc1c(C)ccc(C(=O)O)c1N=O. The third-order valence-electron chi connectivity index (χ3n) is 1.85. The van der Waals surface area contributed by atoms with E-state index in [0.29, 0.717) is 5.56 Å². The van der Waals surface area contributed by atoms with Crippen LogP contribution in [0.15, 0.2) is 17.3 Å². The fraction of sp³-hybridized carbons (Fsp3) is 0.222. The molecule has 0 atom stereocenters. The van der Waals surface area contributed by atoms with Gasteiger partial charge >= 0.3 is 5.97 Å². The molecule has 1 N–H and O–H groups in total. The molecule has 0 unspecified atom stereocenters. The van der Waals surface area contributed by atoms with Gasteiger partial charge in [0, 0.05) is 0 Å². The molecule has 0 fully saturated rings. The zero-order valence-electron chi connectivity index (χ0n) is 7.77. The van der Waals surface area contributed by atoms with Gasteiger partial charge in [-0.25, -0.2) is 4.79 Å². The van der Waals surface area contributed by atoms with Gasteiger partial charge in [-0.05, 0) is 23.7 Å². The molecule has 0 aliphatic rings. The molecule has 1 rings (SSSR count). The minimum Gasteiger partial charge on any atom is -0.494 e. The fourth-order valence-electron chi connectivity index (χ4n) is 1.19. The van der Waals surface area contributed by atoms with Gasteiger partial charge in [0.2, 0.25) is 0 Å². The molecule has 0 saturated carbocycles. The molecule has 1 aromatic carbocycles. The fourth-order valence-corrected chi connectivity index (χ4v) is 1.19. The summed E-state index contributed by atoms with van der Waals surface area (Å²) < 4.78 is 4.90. The number of methoxy groups -OCH3 is 1. The molecule has 1 aromatic rings. The highest BCUT2D eigenvalue weighted by Crippen LogP contribution is 2.34. The lowest BCUT2D eigenvalue weighted by Gasteiger charge is -2.07. The van der Waals surface area contributed by atoms with Crippen LogP contribution in [0, 0.1) is 11.8 Å². The number of rotatable bonds is 3. The highest BCUT2D eigenvalue weighted by molar-refractivity contribution is 5.95. The maximum atomic E-state index is 10.7. The second-order valence-corrected chi connectivity index (χ2v) is 2.71. The van der Waals surface area contributed by atoms with Crippen molar-refractivity contribution < 1.29 is 14.6 Å². The van der Waals surface area contributed by atoms with Gasteiger partial charge in [-0.3, -0.25) is 0 Å². The number of hydrogen-bond acceptors (Lipinski definition) is 4. The molecule has 0 amide bonds. The van der Waals surface area contributed by atoms with Crippen molar-refractivity contribution in [3.05, 3.63) is 28.2 Å². The smallest absolute Gasteiger partial charge is 0.338 e. The highest BCUT2D eigenvalue weighted by atomic mass is 16.5. The molecule has 14 heavy (non-hydrogen) atoms. The number of aromatic carboxylic acids is 1. The molecule has 0 spiro atoms. The summed E-state index contributed by atoms with van der Waals surface area (Å²) in [4.78, 5) is 21.2. The van der Waals surface area contributed by atoms with E-state index in [1.54, 1.807) is 13.0 Å². The van der Waals surface area contributed by atoms with Gasteiger partial charge in [-0.1, -0.05) is 6.07 Å². The van der Waals surface area contributed by atoms with Crippen LogP contribution in [-0.4, -0.2) is 18.2 Å². The van der Waals surface area contributed by atoms with Crippen molar-refractivity contribution in [1.82, 2.24) is 0 Å². The summed E-state index contributed by atoms with van der Waals surface area (Å²) >= 11 is 0. The van der Waals surface area contributed by atoms with Gasteiger partial charge < -0.3 is 9.84 Å². The third kappa shape index (κ3) is 1.56. The molecule has 74 valence electrons. The predicted molar refractivity (Wildman–Crippen MR) is 50.1 cm³/mol. The first-order valence-electron chi connectivity index (χ1n) is 3.86. The molecular weight excluding hydrogens is 186 g/mol. The molecular formula is C9H9NO4. The average molecular weight is 195 g/mol. The molecule has 0 aliphatic heterocycles. The maximum absolute atomic E-state index is 10.7. The lowest BCUT2D eigenvalue weighted by atomic mass is 10.1. The minimum atomic E-state index is -1.20. The Kier molecular flexibility index (Phi) is 2.81. The number of aryl methyl sites for hydroxylation is 1. The number of nitroso groups, excluding NO2 is 1. The Morgan fingerprint density at radius 3 is 2.57 bits per heavy atom. The Morgan fingerprint density at radius 2 is 2.14 bits per heavy atom. The van der Waals surface area contributed by atoms with Crippen molar-refractivity contribution in [2.45, 2.75) is 6.92 Å². The second-order valence-electron chi connectivity index (χ2n) is 2.71. The van der Waals surface area contributed by atoms with E-state index in [-0.39, 0.29) is 17.0 Å². The summed E-state index contributed by atoms with van der Waals surface area (Å²) in [6.45, 7) is 1.71. The number of ether oxygens (including phenoxy) is 1. The van der Waals surface area contributed by atoms with Crippen molar-refractivity contribution >= 4 is 11.7 Å². The Morgan fingerprint density at radius 1 is 1.50 bits per heavy atom. The Labute approximate surface area is 80.3 Å². The highest BCUT2D eigenvalue weighted by Gasteiger charge is 2.17. The van der Waals surface area contributed by atoms with Crippen LogP contribution in [-0.2, 0) is 0 Å². The van der Waals surface area contributed by atoms with Gasteiger partial charge in [0.15, 0.2) is 11.4 Å². The van der Waals surface area contributed by atoms with E-state index in [1.165, 1.54) is 13.2 Å². The van der Waals surface area contributed by atoms with Gasteiger partial charge in [0.25, 0.3) is 0 Å². The van der Waals surface area contributed by atoms with Crippen LogP contribution in [0.3, 0.4) is 0 Å². The van der Waals surface area contributed by atoms with Crippen LogP contribution in [0.2, 0.25) is 0 Å². The number of nitrogens with zero attached hydrogens (tertiary/aromatic N) is 1. The van der Waals surface area contributed by atoms with Crippen LogP contribution >= 0.6 is 0 Å². The molecule has 0 radical (unpaired) electrons. The van der Waals surface area contributed by atoms with E-state index in [1.807, 2.05) is 0 Å². The van der Waals surface area contributed by atoms with Crippen molar-refractivity contribution in [3.8, 4) is 5.75 Å².